The minimum atomic E-state index is -3.60. The van der Waals surface area contributed by atoms with E-state index in [0.717, 1.165) is 17.9 Å². The van der Waals surface area contributed by atoms with E-state index in [-0.39, 0.29) is 10.0 Å². The maximum absolute atomic E-state index is 12.2. The molecule has 0 saturated heterocycles. The summed E-state index contributed by atoms with van der Waals surface area (Å²) < 4.78 is 27.1. The van der Waals surface area contributed by atoms with Crippen molar-refractivity contribution in [2.24, 2.45) is 0 Å². The lowest BCUT2D eigenvalue weighted by molar-refractivity contribution is 0.603. The molecule has 130 valence electrons. The summed E-state index contributed by atoms with van der Waals surface area (Å²) in [6.07, 6.45) is 0. The monoisotopic (exact) mass is 374 g/mol. The number of anilines is 2. The van der Waals surface area contributed by atoms with Gasteiger partial charge >= 0.3 is 0 Å². The van der Waals surface area contributed by atoms with E-state index < -0.39 is 10.0 Å². The van der Waals surface area contributed by atoms with E-state index in [1.807, 2.05) is 25.1 Å². The number of nitrogens with one attached hydrogen (secondary N) is 1. The molecule has 8 heteroatoms. The highest BCUT2D eigenvalue weighted by Gasteiger charge is 2.16. The molecule has 1 aromatic carbocycles. The van der Waals surface area contributed by atoms with Crippen LogP contribution in [0.4, 0.5) is 11.6 Å². The van der Waals surface area contributed by atoms with Crippen LogP contribution in [0.15, 0.2) is 64.2 Å². The molecule has 0 amide bonds. The first kappa shape index (κ1) is 17.4. The molecule has 0 aliphatic carbocycles. The van der Waals surface area contributed by atoms with Gasteiger partial charge in [0.05, 0.1) is 0 Å². The molecule has 0 radical (unpaired) electrons. The fourth-order valence-corrected chi connectivity index (χ4v) is 4.30. The van der Waals surface area contributed by atoms with Crippen LogP contribution in [0.5, 0.6) is 0 Å². The molecule has 2 heterocycles. The molecule has 6 nitrogen and oxygen atoms in total. The first-order valence-corrected chi connectivity index (χ1v) is 10.1. The van der Waals surface area contributed by atoms with E-state index in [1.54, 1.807) is 29.6 Å². The molecule has 0 aliphatic heterocycles. The Morgan fingerprint density at radius 1 is 1.04 bits per heavy atom. The summed E-state index contributed by atoms with van der Waals surface area (Å²) in [4.78, 5) is 2.07. The predicted octanol–water partition coefficient (Wildman–Crippen LogP) is 3.37. The van der Waals surface area contributed by atoms with Crippen LogP contribution in [0.25, 0.3) is 0 Å². The molecule has 0 saturated carbocycles. The molecule has 0 aliphatic rings. The van der Waals surface area contributed by atoms with Crippen molar-refractivity contribution in [2.75, 3.05) is 16.2 Å². The van der Waals surface area contributed by atoms with Crippen LogP contribution in [0.1, 0.15) is 12.5 Å². The number of nitrogens with zero attached hydrogens (tertiary/aromatic N) is 3. The first-order chi connectivity index (χ1) is 12.1. The Labute approximate surface area is 151 Å². The SMILES string of the molecule is CCN(Cc1ccccc1)c1ccc(NS(=O)(=O)c2cccs2)nn1. The van der Waals surface area contributed by atoms with Crippen LogP contribution in [-0.4, -0.2) is 25.2 Å². The van der Waals surface area contributed by atoms with Gasteiger partial charge in [0.2, 0.25) is 0 Å². The largest absolute Gasteiger partial charge is 0.351 e. The summed E-state index contributed by atoms with van der Waals surface area (Å²) >= 11 is 1.16. The Kier molecular flexibility index (Phi) is 5.30. The molecule has 0 bridgehead atoms. The first-order valence-electron chi connectivity index (χ1n) is 7.77. The second kappa shape index (κ2) is 7.62. The molecule has 0 spiro atoms. The Bertz CT molecular complexity index is 896. The average molecular weight is 374 g/mol. The smallest absolute Gasteiger partial charge is 0.272 e. The number of rotatable bonds is 7. The highest BCUT2D eigenvalue weighted by atomic mass is 32.2. The minimum Gasteiger partial charge on any atom is -0.351 e. The van der Waals surface area contributed by atoms with Gasteiger partial charge in [0, 0.05) is 13.1 Å². The number of sulfonamides is 1. The summed E-state index contributed by atoms with van der Waals surface area (Å²) in [5.41, 5.74) is 1.17. The van der Waals surface area contributed by atoms with Gasteiger partial charge in [0.25, 0.3) is 10.0 Å². The van der Waals surface area contributed by atoms with Crippen molar-refractivity contribution < 1.29 is 8.42 Å². The lowest BCUT2D eigenvalue weighted by Gasteiger charge is -2.21. The summed E-state index contributed by atoms with van der Waals surface area (Å²) in [6, 6.07) is 16.7. The molecule has 2 aromatic heterocycles. The normalized spacial score (nSPS) is 11.2. The molecule has 0 fully saturated rings. The van der Waals surface area contributed by atoms with Crippen molar-refractivity contribution in [3.8, 4) is 0 Å². The maximum Gasteiger partial charge on any atom is 0.272 e. The van der Waals surface area contributed by atoms with E-state index >= 15 is 0 Å². The van der Waals surface area contributed by atoms with Crippen LogP contribution >= 0.6 is 11.3 Å². The molecule has 0 unspecified atom stereocenters. The van der Waals surface area contributed by atoms with Gasteiger partial charge in [0.15, 0.2) is 11.6 Å². The van der Waals surface area contributed by atoms with Gasteiger partial charge in [-0.25, -0.2) is 8.42 Å². The quantitative estimate of drug-likeness (QED) is 0.686. The van der Waals surface area contributed by atoms with E-state index in [2.05, 4.69) is 32.0 Å². The Morgan fingerprint density at radius 3 is 2.44 bits per heavy atom. The number of hydrogen-bond acceptors (Lipinski definition) is 6. The number of benzene rings is 1. The molecular formula is C17H18N4O2S2. The number of aromatic nitrogens is 2. The molecule has 3 aromatic rings. The zero-order valence-corrected chi connectivity index (χ0v) is 15.3. The van der Waals surface area contributed by atoms with E-state index in [4.69, 9.17) is 0 Å². The van der Waals surface area contributed by atoms with Gasteiger partial charge in [-0.15, -0.1) is 21.5 Å². The van der Waals surface area contributed by atoms with Crippen LogP contribution in [0.3, 0.4) is 0 Å². The summed E-state index contributed by atoms with van der Waals surface area (Å²) in [5, 5.41) is 9.89. The van der Waals surface area contributed by atoms with Crippen molar-refractivity contribution in [2.45, 2.75) is 17.7 Å². The van der Waals surface area contributed by atoms with Gasteiger partial charge in [-0.1, -0.05) is 36.4 Å². The second-order valence-electron chi connectivity index (χ2n) is 5.31. The van der Waals surface area contributed by atoms with Crippen molar-refractivity contribution in [3.63, 3.8) is 0 Å². The summed E-state index contributed by atoms with van der Waals surface area (Å²) in [5.74, 6) is 0.901. The Balaban J connectivity index is 1.73. The minimum absolute atomic E-state index is 0.202. The third-order valence-corrected chi connectivity index (χ3v) is 6.32. The van der Waals surface area contributed by atoms with Crippen LogP contribution < -0.4 is 9.62 Å². The third kappa shape index (κ3) is 4.34. The fourth-order valence-electron chi connectivity index (χ4n) is 2.31. The van der Waals surface area contributed by atoms with Crippen molar-refractivity contribution in [3.05, 3.63) is 65.5 Å². The molecule has 3 rings (SSSR count). The molecule has 25 heavy (non-hydrogen) atoms. The van der Waals surface area contributed by atoms with Crippen LogP contribution in [0.2, 0.25) is 0 Å². The summed E-state index contributed by atoms with van der Waals surface area (Å²) in [7, 11) is -3.60. The van der Waals surface area contributed by atoms with Crippen LogP contribution in [-0.2, 0) is 16.6 Å². The third-order valence-electron chi connectivity index (χ3n) is 3.57. The van der Waals surface area contributed by atoms with Gasteiger partial charge in [-0.3, -0.25) is 4.72 Å². The summed E-state index contributed by atoms with van der Waals surface area (Å²) in [6.45, 7) is 3.52. The van der Waals surface area contributed by atoms with E-state index in [1.165, 1.54) is 5.56 Å². The number of thiophene rings is 1. The van der Waals surface area contributed by atoms with Gasteiger partial charge in [0.1, 0.15) is 4.21 Å². The van der Waals surface area contributed by atoms with Gasteiger partial charge in [-0.05, 0) is 36.1 Å². The standard InChI is InChI=1S/C17H18N4O2S2/c1-2-21(13-14-7-4-3-5-8-14)16-11-10-15(18-19-16)20-25(22,23)17-9-6-12-24-17/h3-12H,2,13H2,1H3,(H,18,20). The topological polar surface area (TPSA) is 75.2 Å². The van der Waals surface area contributed by atoms with Crippen LogP contribution in [0, 0.1) is 0 Å². The molecular weight excluding hydrogens is 356 g/mol. The second-order valence-corrected chi connectivity index (χ2v) is 8.17. The zero-order valence-electron chi connectivity index (χ0n) is 13.7. The fraction of sp³-hybridized carbons (Fsp3) is 0.176. The van der Waals surface area contributed by atoms with Gasteiger partial charge < -0.3 is 4.90 Å². The Hall–Kier alpha value is -2.45. The molecule has 0 atom stereocenters. The van der Waals surface area contributed by atoms with E-state index in [0.29, 0.717) is 12.4 Å². The number of hydrogen-bond donors (Lipinski definition) is 1. The van der Waals surface area contributed by atoms with Crippen molar-refractivity contribution in [1.29, 1.82) is 0 Å². The van der Waals surface area contributed by atoms with E-state index in [9.17, 15) is 8.42 Å². The van der Waals surface area contributed by atoms with Crippen molar-refractivity contribution >= 4 is 33.0 Å². The highest BCUT2D eigenvalue weighted by molar-refractivity contribution is 7.94. The van der Waals surface area contributed by atoms with Gasteiger partial charge in [-0.2, -0.15) is 0 Å². The van der Waals surface area contributed by atoms with Crippen molar-refractivity contribution in [1.82, 2.24) is 10.2 Å². The lowest BCUT2D eigenvalue weighted by atomic mass is 10.2. The average Bonchev–Trinajstić information content (AvgIpc) is 3.17. The predicted molar refractivity (Wildman–Crippen MR) is 100 cm³/mol. The Morgan fingerprint density at radius 2 is 1.84 bits per heavy atom. The lowest BCUT2D eigenvalue weighted by Crippen LogP contribution is -2.23. The molecule has 1 N–H and O–H groups in total. The zero-order chi connectivity index (χ0) is 17.7. The maximum atomic E-state index is 12.2. The highest BCUT2D eigenvalue weighted by Crippen LogP contribution is 2.20.